The van der Waals surface area contributed by atoms with Gasteiger partial charge in [-0.25, -0.2) is 4.79 Å². The number of hydrogen-bond donors (Lipinski definition) is 0. The highest BCUT2D eigenvalue weighted by Gasteiger charge is 2.77. The van der Waals surface area contributed by atoms with E-state index in [1.165, 1.54) is 0 Å². The Labute approximate surface area is 234 Å². The first-order chi connectivity index (χ1) is 18.5. The fourth-order valence-electron chi connectivity index (χ4n) is 7.50. The molecule has 10 heteroatoms. The topological polar surface area (TPSA) is 101 Å². The van der Waals surface area contributed by atoms with E-state index in [4.69, 9.17) is 27.9 Å². The largest absolute Gasteiger partial charge is 0.463 e. The summed E-state index contributed by atoms with van der Waals surface area (Å²) < 4.78 is 5.39. The van der Waals surface area contributed by atoms with Crippen LogP contribution < -0.4 is 9.80 Å². The number of esters is 1. The van der Waals surface area contributed by atoms with Crippen LogP contribution in [0.15, 0.2) is 59.7 Å². The van der Waals surface area contributed by atoms with E-state index >= 15 is 0 Å². The summed E-state index contributed by atoms with van der Waals surface area (Å²) in [5, 5.41) is 0.884. The summed E-state index contributed by atoms with van der Waals surface area (Å²) >= 11 is 12.1. The molecule has 0 aromatic heterocycles. The number of rotatable bonds is 4. The van der Waals surface area contributed by atoms with E-state index in [0.717, 1.165) is 9.80 Å². The van der Waals surface area contributed by atoms with Crippen LogP contribution in [0, 0.1) is 35.0 Å². The molecular formula is C29H24Cl2N2O6. The van der Waals surface area contributed by atoms with Gasteiger partial charge in [-0.3, -0.25) is 29.0 Å². The number of allylic oxidation sites excluding steroid dienone is 1. The summed E-state index contributed by atoms with van der Waals surface area (Å²) in [6, 6.07) is 12.6. The van der Waals surface area contributed by atoms with Gasteiger partial charge in [0.25, 0.3) is 0 Å². The molecule has 6 atom stereocenters. The number of ether oxygens (including phenoxy) is 1. The Kier molecular flexibility index (Phi) is 5.79. The van der Waals surface area contributed by atoms with E-state index in [1.54, 1.807) is 69.3 Å². The molecule has 2 aromatic carbocycles. The van der Waals surface area contributed by atoms with Gasteiger partial charge in [0.2, 0.25) is 23.6 Å². The summed E-state index contributed by atoms with van der Waals surface area (Å²) in [5.41, 5.74) is -0.0605. The molecule has 2 heterocycles. The molecule has 4 amide bonds. The lowest BCUT2D eigenvalue weighted by molar-refractivity contribution is -0.155. The van der Waals surface area contributed by atoms with Gasteiger partial charge in [-0.1, -0.05) is 35.7 Å². The van der Waals surface area contributed by atoms with Crippen molar-refractivity contribution in [1.29, 1.82) is 0 Å². The number of imide groups is 2. The van der Waals surface area contributed by atoms with E-state index in [2.05, 4.69) is 0 Å². The summed E-state index contributed by atoms with van der Waals surface area (Å²) in [7, 11) is 0. The molecule has 0 spiro atoms. The minimum atomic E-state index is -1.46. The molecule has 1 saturated carbocycles. The van der Waals surface area contributed by atoms with Gasteiger partial charge in [-0.05, 0) is 62.4 Å². The van der Waals surface area contributed by atoms with Gasteiger partial charge in [0.1, 0.15) is 0 Å². The summed E-state index contributed by atoms with van der Waals surface area (Å²) in [6.07, 6.45) is 0. The zero-order valence-electron chi connectivity index (χ0n) is 21.3. The van der Waals surface area contributed by atoms with Gasteiger partial charge in [-0.15, -0.1) is 0 Å². The van der Waals surface area contributed by atoms with E-state index in [-0.39, 0.29) is 12.2 Å². The van der Waals surface area contributed by atoms with Gasteiger partial charge >= 0.3 is 5.97 Å². The Morgan fingerprint density at radius 1 is 0.769 bits per heavy atom. The fourth-order valence-corrected chi connectivity index (χ4v) is 7.75. The van der Waals surface area contributed by atoms with Crippen LogP contribution in [0.25, 0.3) is 0 Å². The molecule has 8 nitrogen and oxygen atoms in total. The molecule has 7 rings (SSSR count). The minimum Gasteiger partial charge on any atom is -0.463 e. The van der Waals surface area contributed by atoms with Crippen LogP contribution in [0.5, 0.6) is 0 Å². The van der Waals surface area contributed by atoms with Crippen LogP contribution in [0.3, 0.4) is 0 Å². The molecule has 2 saturated heterocycles. The smallest absolute Gasteiger partial charge is 0.334 e. The predicted octanol–water partition coefficient (Wildman–Crippen LogP) is 4.43. The Morgan fingerprint density at radius 3 is 1.56 bits per heavy atom. The van der Waals surface area contributed by atoms with Crippen molar-refractivity contribution in [2.24, 2.45) is 35.0 Å². The maximum Gasteiger partial charge on any atom is 0.334 e. The molecule has 0 radical (unpaired) electrons. The molecule has 3 aliphatic carbocycles. The molecule has 5 aliphatic rings. The van der Waals surface area contributed by atoms with Crippen LogP contribution in [0.2, 0.25) is 10.0 Å². The molecule has 2 bridgehead atoms. The Morgan fingerprint density at radius 2 is 1.18 bits per heavy atom. The molecule has 39 heavy (non-hydrogen) atoms. The molecular weight excluding hydrogens is 543 g/mol. The lowest BCUT2D eigenvalue weighted by Gasteiger charge is -2.55. The molecule has 200 valence electrons. The number of amides is 4. The lowest BCUT2D eigenvalue weighted by atomic mass is 9.43. The van der Waals surface area contributed by atoms with Gasteiger partial charge in [0.15, 0.2) is 0 Å². The van der Waals surface area contributed by atoms with E-state index < -0.39 is 64.6 Å². The van der Waals surface area contributed by atoms with Gasteiger partial charge in [-0.2, -0.15) is 0 Å². The second-order valence-electron chi connectivity index (χ2n) is 10.6. The maximum absolute atomic E-state index is 14.1. The van der Waals surface area contributed by atoms with E-state index in [1.807, 2.05) is 0 Å². The van der Waals surface area contributed by atoms with Crippen molar-refractivity contribution < 1.29 is 28.7 Å². The number of halogens is 2. The van der Waals surface area contributed by atoms with Crippen molar-refractivity contribution in [3.05, 3.63) is 69.7 Å². The van der Waals surface area contributed by atoms with Crippen LogP contribution >= 0.6 is 23.2 Å². The second kappa shape index (κ2) is 8.76. The standard InChI is InChI=1S/C29H24Cl2N2O6/c1-4-39-28(38)21-13(2)18-19-22(26(36)32(24(19)34)16-9-5-14(30)6-10-16)29(21,3)23-20(18)25(35)33(27(23)37)17-11-7-15(31)8-12-17/h5-12,18-20,22-23H,4H2,1-3H3/t18?,19-,20+,22-,23-,29?/m1/s1. The zero-order chi connectivity index (χ0) is 28.0. The number of carbonyl (C=O) groups excluding carboxylic acids is 5. The molecule has 2 aliphatic heterocycles. The number of nitrogens with zero attached hydrogens (tertiary/aromatic N) is 2. The number of anilines is 2. The molecule has 2 unspecified atom stereocenters. The fraction of sp³-hybridized carbons (Fsp3) is 0.345. The van der Waals surface area contributed by atoms with Crippen molar-refractivity contribution in [3.8, 4) is 0 Å². The minimum absolute atomic E-state index is 0.0894. The predicted molar refractivity (Wildman–Crippen MR) is 143 cm³/mol. The van der Waals surface area contributed by atoms with Gasteiger partial charge in [0.05, 0.1) is 41.7 Å². The monoisotopic (exact) mass is 566 g/mol. The van der Waals surface area contributed by atoms with Crippen molar-refractivity contribution in [3.63, 3.8) is 0 Å². The van der Waals surface area contributed by atoms with Crippen LogP contribution in [0.1, 0.15) is 20.8 Å². The van der Waals surface area contributed by atoms with Crippen molar-refractivity contribution >= 4 is 64.2 Å². The average Bonchev–Trinajstić information content (AvgIpc) is 3.32. The van der Waals surface area contributed by atoms with Crippen molar-refractivity contribution in [1.82, 2.24) is 0 Å². The first kappa shape index (κ1) is 25.8. The first-order valence-corrected chi connectivity index (χ1v) is 13.4. The van der Waals surface area contributed by atoms with E-state index in [9.17, 15) is 24.0 Å². The summed E-state index contributed by atoms with van der Waals surface area (Å²) in [4.78, 5) is 71.8. The van der Waals surface area contributed by atoms with Crippen LogP contribution in [-0.2, 0) is 28.7 Å². The molecule has 3 fully saturated rings. The number of hydrogen-bond acceptors (Lipinski definition) is 6. The highest BCUT2D eigenvalue weighted by molar-refractivity contribution is 6.31. The first-order valence-electron chi connectivity index (χ1n) is 12.7. The van der Waals surface area contributed by atoms with Crippen LogP contribution in [-0.4, -0.2) is 36.2 Å². The third kappa shape index (κ3) is 3.28. The quantitative estimate of drug-likeness (QED) is 0.400. The third-order valence-corrected chi connectivity index (χ3v) is 9.35. The van der Waals surface area contributed by atoms with Crippen LogP contribution in [0.4, 0.5) is 11.4 Å². The van der Waals surface area contributed by atoms with Gasteiger partial charge in [0, 0.05) is 27.0 Å². The molecule has 0 N–H and O–H groups in total. The normalized spacial score (nSPS) is 31.3. The Hall–Kier alpha value is -3.49. The lowest BCUT2D eigenvalue weighted by Crippen LogP contribution is -2.61. The van der Waals surface area contributed by atoms with Crippen molar-refractivity contribution in [2.75, 3.05) is 16.4 Å². The Balaban J connectivity index is 1.54. The third-order valence-electron chi connectivity index (χ3n) is 8.85. The summed E-state index contributed by atoms with van der Waals surface area (Å²) in [5.74, 6) is -7.33. The Bertz CT molecular complexity index is 1410. The highest BCUT2D eigenvalue weighted by Crippen LogP contribution is 2.68. The SMILES string of the molecule is CCOC(=O)C1=C(C)C2[C@H]3C(=O)N(c4ccc(Cl)cc4)C(=O)[C@@H]3C1(C)[C@H]1C(=O)N(c3ccc(Cl)cc3)C(=O)[C@@H]21. The number of benzene rings is 2. The average molecular weight is 567 g/mol. The highest BCUT2D eigenvalue weighted by atomic mass is 35.5. The second-order valence-corrected chi connectivity index (χ2v) is 11.4. The maximum atomic E-state index is 14.1. The van der Waals surface area contributed by atoms with Crippen molar-refractivity contribution in [2.45, 2.75) is 20.8 Å². The number of carbonyl (C=O) groups is 5. The zero-order valence-corrected chi connectivity index (χ0v) is 22.8. The van der Waals surface area contributed by atoms with E-state index in [0.29, 0.717) is 27.0 Å². The summed E-state index contributed by atoms with van der Waals surface area (Å²) in [6.45, 7) is 5.11. The molecule has 2 aromatic rings. The van der Waals surface area contributed by atoms with Gasteiger partial charge < -0.3 is 4.74 Å².